The molecule has 0 atom stereocenters. The zero-order valence-electron chi connectivity index (χ0n) is 8.70. The number of aromatic hydroxyl groups is 1. The molecule has 2 aromatic rings. The summed E-state index contributed by atoms with van der Waals surface area (Å²) < 4.78 is 18.8. The van der Waals surface area contributed by atoms with E-state index in [2.05, 4.69) is 0 Å². The maximum absolute atomic E-state index is 13.5. The van der Waals surface area contributed by atoms with Crippen LogP contribution in [0.5, 0.6) is 11.5 Å². The molecule has 0 aliphatic carbocycles. The van der Waals surface area contributed by atoms with Crippen LogP contribution in [-0.4, -0.2) is 11.1 Å². The molecule has 0 saturated carbocycles. The van der Waals surface area contributed by atoms with Gasteiger partial charge in [0.1, 0.15) is 5.75 Å². The molecule has 0 spiro atoms. The van der Waals surface area contributed by atoms with Crippen LogP contribution in [0.25, 0.3) is 10.1 Å². The number of halogens is 1. The van der Waals surface area contributed by atoms with Crippen LogP contribution in [0.2, 0.25) is 0 Å². The lowest BCUT2D eigenvalue weighted by Crippen LogP contribution is -2.00. The average Bonchev–Trinajstić information content (AvgIpc) is 2.58. The fourth-order valence-corrected chi connectivity index (χ4v) is 2.54. The number of phenolic OH excluding ortho intramolecular Hbond substituents is 1. The van der Waals surface area contributed by atoms with Gasteiger partial charge in [0, 0.05) is 17.7 Å². The fourth-order valence-electron chi connectivity index (χ4n) is 1.56. The molecule has 0 unspecified atom stereocenters. The van der Waals surface area contributed by atoms with E-state index in [0.717, 1.165) is 11.3 Å². The summed E-state index contributed by atoms with van der Waals surface area (Å²) in [4.78, 5) is 10.9. The molecule has 1 N–H and O–H groups in total. The van der Waals surface area contributed by atoms with E-state index in [1.54, 1.807) is 12.3 Å². The van der Waals surface area contributed by atoms with Crippen LogP contribution in [0.1, 0.15) is 12.5 Å². The van der Waals surface area contributed by atoms with Gasteiger partial charge in [-0.2, -0.15) is 0 Å². The first-order chi connectivity index (χ1) is 7.50. The minimum atomic E-state index is -0.677. The van der Waals surface area contributed by atoms with Crippen molar-refractivity contribution in [3.63, 3.8) is 0 Å². The maximum atomic E-state index is 13.5. The molecule has 0 saturated heterocycles. The molecule has 1 aromatic heterocycles. The summed E-state index contributed by atoms with van der Waals surface area (Å²) in [5.41, 5.74) is 0.673. The molecule has 16 heavy (non-hydrogen) atoms. The van der Waals surface area contributed by atoms with Crippen molar-refractivity contribution in [2.75, 3.05) is 0 Å². The number of esters is 1. The standard InChI is InChI=1S/C11H9FO3S/c1-5-3-7(14)10(12)11-9(5)8(4-16-11)15-6(2)13/h3-4,14H,1-2H3. The van der Waals surface area contributed by atoms with Crippen molar-refractivity contribution in [1.82, 2.24) is 0 Å². The van der Waals surface area contributed by atoms with E-state index in [1.807, 2.05) is 0 Å². The van der Waals surface area contributed by atoms with E-state index < -0.39 is 11.8 Å². The smallest absolute Gasteiger partial charge is 0.308 e. The Labute approximate surface area is 95.1 Å². The number of thiophene rings is 1. The van der Waals surface area contributed by atoms with Gasteiger partial charge in [-0.05, 0) is 18.6 Å². The van der Waals surface area contributed by atoms with Crippen LogP contribution < -0.4 is 4.74 Å². The highest BCUT2D eigenvalue weighted by atomic mass is 32.1. The number of fused-ring (bicyclic) bond motifs is 1. The molecule has 0 fully saturated rings. The highest BCUT2D eigenvalue weighted by molar-refractivity contribution is 7.17. The van der Waals surface area contributed by atoms with Crippen LogP contribution in [-0.2, 0) is 4.79 Å². The zero-order valence-corrected chi connectivity index (χ0v) is 9.52. The Morgan fingerprint density at radius 1 is 1.56 bits per heavy atom. The lowest BCUT2D eigenvalue weighted by Gasteiger charge is -2.03. The second-order valence-electron chi connectivity index (χ2n) is 3.42. The van der Waals surface area contributed by atoms with E-state index in [0.29, 0.717) is 21.4 Å². The lowest BCUT2D eigenvalue weighted by atomic mass is 10.1. The van der Waals surface area contributed by atoms with Crippen LogP contribution >= 0.6 is 11.3 Å². The summed E-state index contributed by atoms with van der Waals surface area (Å²) in [6.45, 7) is 3.01. The Hall–Kier alpha value is -1.62. The first kappa shape index (κ1) is 10.9. The lowest BCUT2D eigenvalue weighted by molar-refractivity contribution is -0.131. The van der Waals surface area contributed by atoms with E-state index in [-0.39, 0.29) is 5.75 Å². The number of ether oxygens (including phenoxy) is 1. The molecule has 0 amide bonds. The third kappa shape index (κ3) is 1.63. The van der Waals surface area contributed by atoms with Crippen LogP contribution in [0.3, 0.4) is 0 Å². The largest absolute Gasteiger partial charge is 0.505 e. The van der Waals surface area contributed by atoms with Gasteiger partial charge in [0.2, 0.25) is 0 Å². The van der Waals surface area contributed by atoms with Gasteiger partial charge in [0.15, 0.2) is 11.6 Å². The fraction of sp³-hybridized carbons (Fsp3) is 0.182. The van der Waals surface area contributed by atoms with Crippen LogP contribution in [0.4, 0.5) is 4.39 Å². The van der Waals surface area contributed by atoms with Crippen molar-refractivity contribution in [2.24, 2.45) is 0 Å². The molecular formula is C11H9FO3S. The van der Waals surface area contributed by atoms with Crippen molar-refractivity contribution < 1.29 is 19.0 Å². The number of benzene rings is 1. The predicted octanol–water partition coefficient (Wildman–Crippen LogP) is 2.98. The van der Waals surface area contributed by atoms with Crippen molar-refractivity contribution in [3.8, 4) is 11.5 Å². The molecular weight excluding hydrogens is 231 g/mol. The van der Waals surface area contributed by atoms with E-state index >= 15 is 0 Å². The van der Waals surface area contributed by atoms with Gasteiger partial charge >= 0.3 is 5.97 Å². The first-order valence-corrected chi connectivity index (χ1v) is 5.46. The monoisotopic (exact) mass is 240 g/mol. The number of carbonyl (C=O) groups is 1. The number of rotatable bonds is 1. The molecule has 0 bridgehead atoms. The van der Waals surface area contributed by atoms with E-state index in [9.17, 15) is 14.3 Å². The topological polar surface area (TPSA) is 46.5 Å². The molecule has 0 radical (unpaired) electrons. The van der Waals surface area contributed by atoms with Gasteiger partial charge in [-0.15, -0.1) is 11.3 Å². The Balaban J connectivity index is 2.72. The second-order valence-corrected chi connectivity index (χ2v) is 4.30. The summed E-state index contributed by atoms with van der Waals surface area (Å²) in [6.07, 6.45) is 0. The van der Waals surface area contributed by atoms with Crippen LogP contribution in [0.15, 0.2) is 11.4 Å². The van der Waals surface area contributed by atoms with Gasteiger partial charge in [-0.3, -0.25) is 4.79 Å². The third-order valence-electron chi connectivity index (χ3n) is 2.18. The summed E-state index contributed by atoms with van der Waals surface area (Å²) in [5.74, 6) is -1.18. The Morgan fingerprint density at radius 3 is 2.88 bits per heavy atom. The quantitative estimate of drug-likeness (QED) is 0.779. The second kappa shape index (κ2) is 3.75. The minimum Gasteiger partial charge on any atom is -0.505 e. The molecule has 1 heterocycles. The molecule has 5 heteroatoms. The number of hydrogen-bond acceptors (Lipinski definition) is 4. The maximum Gasteiger partial charge on any atom is 0.308 e. The number of hydrogen-bond donors (Lipinski definition) is 1. The molecule has 84 valence electrons. The number of aryl methyl sites for hydroxylation is 1. The molecule has 2 rings (SSSR count). The number of carbonyl (C=O) groups excluding carboxylic acids is 1. The average molecular weight is 240 g/mol. The molecule has 1 aromatic carbocycles. The Bertz CT molecular complexity index is 574. The van der Waals surface area contributed by atoms with Crippen molar-refractivity contribution in [1.29, 1.82) is 0 Å². The van der Waals surface area contributed by atoms with Gasteiger partial charge in [0.05, 0.1) is 4.70 Å². The van der Waals surface area contributed by atoms with Gasteiger partial charge in [-0.25, -0.2) is 4.39 Å². The summed E-state index contributed by atoms with van der Waals surface area (Å²) in [6, 6.07) is 1.32. The predicted molar refractivity (Wildman–Crippen MR) is 59.5 cm³/mol. The van der Waals surface area contributed by atoms with Crippen molar-refractivity contribution >= 4 is 27.4 Å². The summed E-state index contributed by atoms with van der Waals surface area (Å²) in [5, 5.41) is 11.4. The first-order valence-electron chi connectivity index (χ1n) is 4.58. The normalized spacial score (nSPS) is 10.7. The minimum absolute atomic E-state index is 0.300. The van der Waals surface area contributed by atoms with E-state index in [1.165, 1.54) is 13.0 Å². The van der Waals surface area contributed by atoms with Gasteiger partial charge < -0.3 is 9.84 Å². The van der Waals surface area contributed by atoms with Crippen molar-refractivity contribution in [2.45, 2.75) is 13.8 Å². The Morgan fingerprint density at radius 2 is 2.25 bits per heavy atom. The highest BCUT2D eigenvalue weighted by Gasteiger charge is 2.16. The van der Waals surface area contributed by atoms with Gasteiger partial charge in [0.25, 0.3) is 0 Å². The third-order valence-corrected chi connectivity index (χ3v) is 3.13. The Kier molecular flexibility index (Phi) is 2.55. The molecule has 3 nitrogen and oxygen atoms in total. The summed E-state index contributed by atoms with van der Waals surface area (Å²) >= 11 is 1.10. The van der Waals surface area contributed by atoms with E-state index in [4.69, 9.17) is 4.74 Å². The SMILES string of the molecule is CC(=O)Oc1csc2c(F)c(O)cc(C)c12. The zero-order chi connectivity index (χ0) is 11.9. The number of phenols is 1. The molecule has 0 aliphatic heterocycles. The molecule has 0 aliphatic rings. The highest BCUT2D eigenvalue weighted by Crippen LogP contribution is 2.39. The van der Waals surface area contributed by atoms with Crippen LogP contribution in [0, 0.1) is 12.7 Å². The summed E-state index contributed by atoms with van der Waals surface area (Å²) in [7, 11) is 0. The van der Waals surface area contributed by atoms with Crippen molar-refractivity contribution in [3.05, 3.63) is 22.8 Å². The van der Waals surface area contributed by atoms with Gasteiger partial charge in [-0.1, -0.05) is 0 Å².